The second-order valence-corrected chi connectivity index (χ2v) is 5.47. The summed E-state index contributed by atoms with van der Waals surface area (Å²) < 4.78 is 39.3. The minimum Gasteiger partial charge on any atom is -0.347 e. The molecule has 0 saturated carbocycles. The molecular formula is C17H22F3N3O3. The Morgan fingerprint density at radius 1 is 0.962 bits per heavy atom. The Balaban J connectivity index is 2.35. The van der Waals surface area contributed by atoms with Crippen molar-refractivity contribution in [3.63, 3.8) is 0 Å². The molecule has 0 radical (unpaired) electrons. The molecule has 1 rings (SSSR count). The Morgan fingerprint density at radius 3 is 2.23 bits per heavy atom. The van der Waals surface area contributed by atoms with E-state index in [9.17, 15) is 27.6 Å². The Hall–Kier alpha value is -2.58. The van der Waals surface area contributed by atoms with Crippen molar-refractivity contribution in [2.24, 2.45) is 0 Å². The zero-order chi connectivity index (χ0) is 19.7. The highest BCUT2D eigenvalue weighted by atomic mass is 19.2. The largest absolute Gasteiger partial charge is 0.347 e. The van der Waals surface area contributed by atoms with Crippen LogP contribution < -0.4 is 10.6 Å². The van der Waals surface area contributed by atoms with Crippen LogP contribution in [-0.2, 0) is 14.4 Å². The summed E-state index contributed by atoms with van der Waals surface area (Å²) in [5.74, 6) is -5.85. The molecule has 0 heterocycles. The van der Waals surface area contributed by atoms with E-state index in [-0.39, 0.29) is 18.7 Å². The van der Waals surface area contributed by atoms with Gasteiger partial charge in [-0.15, -0.1) is 0 Å². The van der Waals surface area contributed by atoms with Crippen LogP contribution in [0.5, 0.6) is 0 Å². The Morgan fingerprint density at radius 2 is 1.62 bits per heavy atom. The third kappa shape index (κ3) is 6.38. The highest BCUT2D eigenvalue weighted by molar-refractivity contribution is 5.94. The lowest BCUT2D eigenvalue weighted by Gasteiger charge is -2.18. The van der Waals surface area contributed by atoms with Crippen molar-refractivity contribution < 1.29 is 27.6 Å². The standard InChI is InChI=1S/C17H22F3N3O3/c1-3-23(4-2)15(26)7-5-6-13(24)21-10-14(25)22-12-9-8-11(18)16(19)17(12)20/h8-9H,3-7,10H2,1-2H3,(H,21,24)(H,22,25). The third-order valence-electron chi connectivity index (χ3n) is 3.67. The second-order valence-electron chi connectivity index (χ2n) is 5.47. The van der Waals surface area contributed by atoms with Gasteiger partial charge in [-0.25, -0.2) is 13.2 Å². The van der Waals surface area contributed by atoms with Gasteiger partial charge in [0.05, 0.1) is 12.2 Å². The zero-order valence-corrected chi connectivity index (χ0v) is 14.7. The summed E-state index contributed by atoms with van der Waals surface area (Å²) in [5.41, 5.74) is -0.520. The van der Waals surface area contributed by atoms with Crippen molar-refractivity contribution in [3.05, 3.63) is 29.6 Å². The molecule has 0 aromatic heterocycles. The smallest absolute Gasteiger partial charge is 0.243 e. The molecule has 0 atom stereocenters. The second kappa shape index (κ2) is 10.4. The van der Waals surface area contributed by atoms with E-state index in [4.69, 9.17) is 0 Å². The normalized spacial score (nSPS) is 10.3. The molecule has 9 heteroatoms. The minimum atomic E-state index is -1.69. The van der Waals surface area contributed by atoms with E-state index >= 15 is 0 Å². The van der Waals surface area contributed by atoms with E-state index in [1.165, 1.54) is 0 Å². The Labute approximate surface area is 149 Å². The van der Waals surface area contributed by atoms with Crippen LogP contribution in [-0.4, -0.2) is 42.3 Å². The predicted molar refractivity (Wildman–Crippen MR) is 89.7 cm³/mol. The van der Waals surface area contributed by atoms with Crippen LogP contribution in [0.1, 0.15) is 33.1 Å². The van der Waals surface area contributed by atoms with Gasteiger partial charge in [-0.3, -0.25) is 14.4 Å². The number of anilines is 1. The number of nitrogens with one attached hydrogen (secondary N) is 2. The molecule has 0 fully saturated rings. The van der Waals surface area contributed by atoms with Crippen molar-refractivity contribution in [2.45, 2.75) is 33.1 Å². The summed E-state index contributed by atoms with van der Waals surface area (Å²) in [4.78, 5) is 36.7. The summed E-state index contributed by atoms with van der Waals surface area (Å²) >= 11 is 0. The first-order valence-corrected chi connectivity index (χ1v) is 8.27. The van der Waals surface area contributed by atoms with Gasteiger partial charge in [0.25, 0.3) is 0 Å². The van der Waals surface area contributed by atoms with Crippen molar-refractivity contribution >= 4 is 23.4 Å². The third-order valence-corrected chi connectivity index (χ3v) is 3.67. The molecule has 0 spiro atoms. The first-order valence-electron chi connectivity index (χ1n) is 8.27. The maximum absolute atomic E-state index is 13.4. The van der Waals surface area contributed by atoms with Gasteiger partial charge in [0, 0.05) is 25.9 Å². The van der Waals surface area contributed by atoms with Crippen LogP contribution in [0.4, 0.5) is 18.9 Å². The van der Waals surface area contributed by atoms with Crippen LogP contribution in [0.2, 0.25) is 0 Å². The van der Waals surface area contributed by atoms with E-state index in [0.717, 1.165) is 6.07 Å². The average Bonchev–Trinajstić information content (AvgIpc) is 2.61. The monoisotopic (exact) mass is 373 g/mol. The fraction of sp³-hybridized carbons (Fsp3) is 0.471. The van der Waals surface area contributed by atoms with Crippen LogP contribution in [0, 0.1) is 17.5 Å². The van der Waals surface area contributed by atoms with Crippen LogP contribution in [0.3, 0.4) is 0 Å². The lowest BCUT2D eigenvalue weighted by Crippen LogP contribution is -2.33. The molecule has 6 nitrogen and oxygen atoms in total. The van der Waals surface area contributed by atoms with Crippen molar-refractivity contribution in [2.75, 3.05) is 25.0 Å². The van der Waals surface area contributed by atoms with Gasteiger partial charge in [-0.2, -0.15) is 0 Å². The van der Waals surface area contributed by atoms with E-state index < -0.39 is 41.5 Å². The van der Waals surface area contributed by atoms with E-state index in [2.05, 4.69) is 5.32 Å². The topological polar surface area (TPSA) is 78.5 Å². The van der Waals surface area contributed by atoms with Crippen molar-refractivity contribution in [1.82, 2.24) is 10.2 Å². The van der Waals surface area contributed by atoms with Gasteiger partial charge in [-0.1, -0.05) is 0 Å². The average molecular weight is 373 g/mol. The lowest BCUT2D eigenvalue weighted by atomic mass is 10.2. The molecule has 0 aliphatic rings. The Bertz CT molecular complexity index is 664. The molecule has 26 heavy (non-hydrogen) atoms. The summed E-state index contributed by atoms with van der Waals surface area (Å²) in [6.45, 7) is 4.47. The minimum absolute atomic E-state index is 0.0469. The molecule has 144 valence electrons. The summed E-state index contributed by atoms with van der Waals surface area (Å²) in [6, 6.07) is 1.56. The number of rotatable bonds is 9. The molecule has 1 aromatic carbocycles. The van der Waals surface area contributed by atoms with Crippen molar-refractivity contribution in [1.29, 1.82) is 0 Å². The van der Waals surface area contributed by atoms with Crippen LogP contribution in [0.15, 0.2) is 12.1 Å². The van der Waals surface area contributed by atoms with Gasteiger partial charge in [-0.05, 0) is 32.4 Å². The number of carbonyl (C=O) groups is 3. The summed E-state index contributed by atoms with van der Waals surface area (Å²) in [7, 11) is 0. The highest BCUT2D eigenvalue weighted by Crippen LogP contribution is 2.19. The molecule has 1 aromatic rings. The van der Waals surface area contributed by atoms with E-state index in [0.29, 0.717) is 25.6 Å². The fourth-order valence-corrected chi connectivity index (χ4v) is 2.22. The molecule has 2 N–H and O–H groups in total. The molecule has 3 amide bonds. The lowest BCUT2D eigenvalue weighted by molar-refractivity contribution is -0.131. The number of hydrogen-bond donors (Lipinski definition) is 2. The van der Waals surface area contributed by atoms with Gasteiger partial charge in [0.1, 0.15) is 0 Å². The number of halogens is 3. The first kappa shape index (κ1) is 21.5. The molecule has 0 aliphatic heterocycles. The first-order chi connectivity index (χ1) is 12.3. The Kier molecular flexibility index (Phi) is 8.60. The van der Waals surface area contributed by atoms with Crippen LogP contribution >= 0.6 is 0 Å². The maximum Gasteiger partial charge on any atom is 0.243 e. The van der Waals surface area contributed by atoms with Gasteiger partial charge in [0.15, 0.2) is 17.5 Å². The molecule has 0 bridgehead atoms. The number of carbonyl (C=O) groups excluding carboxylic acids is 3. The number of hydrogen-bond acceptors (Lipinski definition) is 3. The molecular weight excluding hydrogens is 351 g/mol. The van der Waals surface area contributed by atoms with Crippen molar-refractivity contribution in [3.8, 4) is 0 Å². The van der Waals surface area contributed by atoms with Gasteiger partial charge < -0.3 is 15.5 Å². The maximum atomic E-state index is 13.4. The van der Waals surface area contributed by atoms with Crippen LogP contribution in [0.25, 0.3) is 0 Å². The summed E-state index contributed by atoms with van der Waals surface area (Å²) in [6.07, 6.45) is 0.613. The quantitative estimate of drug-likeness (QED) is 0.652. The predicted octanol–water partition coefficient (Wildman–Crippen LogP) is 2.20. The number of nitrogens with zero attached hydrogens (tertiary/aromatic N) is 1. The van der Waals surface area contributed by atoms with E-state index in [1.54, 1.807) is 4.90 Å². The van der Waals surface area contributed by atoms with E-state index in [1.807, 2.05) is 19.2 Å². The van der Waals surface area contributed by atoms with Gasteiger partial charge in [0.2, 0.25) is 17.7 Å². The molecule has 0 unspecified atom stereocenters. The highest BCUT2D eigenvalue weighted by Gasteiger charge is 2.16. The van der Waals surface area contributed by atoms with Gasteiger partial charge >= 0.3 is 0 Å². The zero-order valence-electron chi connectivity index (χ0n) is 14.7. The fourth-order valence-electron chi connectivity index (χ4n) is 2.22. The summed E-state index contributed by atoms with van der Waals surface area (Å²) in [5, 5.41) is 4.35. The number of benzene rings is 1. The molecule has 0 saturated heterocycles. The SMILES string of the molecule is CCN(CC)C(=O)CCCC(=O)NCC(=O)Nc1ccc(F)c(F)c1F. The molecule has 0 aliphatic carbocycles. The number of amides is 3.